The summed E-state index contributed by atoms with van der Waals surface area (Å²) in [6.45, 7) is 0. The minimum Gasteiger partial charge on any atom is -0.309 e. The fourth-order valence-electron chi connectivity index (χ4n) is 6.78. The van der Waals surface area contributed by atoms with E-state index in [0.717, 1.165) is 44.6 Å². The largest absolute Gasteiger partial charge is 0.309 e. The lowest BCUT2D eigenvalue weighted by Crippen LogP contribution is -1.94. The van der Waals surface area contributed by atoms with Gasteiger partial charge < -0.3 is 9.13 Å². The molecule has 0 bridgehead atoms. The molecule has 0 saturated carbocycles. The number of para-hydroxylation sites is 3. The van der Waals surface area contributed by atoms with E-state index in [1.54, 1.807) is 0 Å². The fourth-order valence-corrected chi connectivity index (χ4v) is 6.78. The average molecular weight is 562 g/mol. The molecule has 0 atom stereocenters. The van der Waals surface area contributed by atoms with Gasteiger partial charge in [-0.05, 0) is 65.7 Å². The van der Waals surface area contributed by atoms with Crippen molar-refractivity contribution in [3.8, 4) is 33.8 Å². The van der Waals surface area contributed by atoms with Crippen LogP contribution in [0.15, 0.2) is 164 Å². The molecule has 0 radical (unpaired) electrons. The molecular formula is C41H27N3. The Morgan fingerprint density at radius 2 is 0.932 bits per heavy atom. The fraction of sp³-hybridized carbons (Fsp3) is 0. The van der Waals surface area contributed by atoms with Gasteiger partial charge in [0.25, 0.3) is 0 Å². The molecule has 0 spiro atoms. The van der Waals surface area contributed by atoms with Crippen LogP contribution in [0.25, 0.3) is 77.5 Å². The Morgan fingerprint density at radius 3 is 1.70 bits per heavy atom. The molecule has 0 aliphatic carbocycles. The third-order valence-electron chi connectivity index (χ3n) is 8.74. The molecule has 9 aromatic rings. The Bertz CT molecular complexity index is 2470. The second-order valence-corrected chi connectivity index (χ2v) is 11.2. The molecule has 3 heteroatoms. The first kappa shape index (κ1) is 24.6. The molecule has 206 valence electrons. The van der Waals surface area contributed by atoms with Crippen molar-refractivity contribution in [3.05, 3.63) is 164 Å². The van der Waals surface area contributed by atoms with Crippen molar-refractivity contribution >= 4 is 43.7 Å². The maximum absolute atomic E-state index is 5.37. The molecular weight excluding hydrogens is 534 g/mol. The van der Waals surface area contributed by atoms with Gasteiger partial charge in [0.2, 0.25) is 0 Å². The number of hydrogen-bond acceptors (Lipinski definition) is 1. The van der Waals surface area contributed by atoms with Crippen molar-refractivity contribution in [1.29, 1.82) is 0 Å². The van der Waals surface area contributed by atoms with Gasteiger partial charge in [0.05, 0.1) is 33.3 Å². The average Bonchev–Trinajstić information content (AvgIpc) is 3.62. The predicted molar refractivity (Wildman–Crippen MR) is 184 cm³/mol. The van der Waals surface area contributed by atoms with E-state index in [1.165, 1.54) is 32.9 Å². The second kappa shape index (κ2) is 9.82. The number of aromatic nitrogens is 3. The Hall–Kier alpha value is -5.93. The number of pyridine rings is 1. The van der Waals surface area contributed by atoms with E-state index in [2.05, 4.69) is 173 Å². The van der Waals surface area contributed by atoms with Gasteiger partial charge in [0.1, 0.15) is 0 Å². The zero-order chi connectivity index (χ0) is 29.0. The van der Waals surface area contributed by atoms with Gasteiger partial charge in [-0.15, -0.1) is 0 Å². The topological polar surface area (TPSA) is 22.8 Å². The number of nitrogens with zero attached hydrogens (tertiary/aromatic N) is 3. The third kappa shape index (κ3) is 3.73. The molecule has 44 heavy (non-hydrogen) atoms. The molecule has 3 aromatic heterocycles. The van der Waals surface area contributed by atoms with E-state index < -0.39 is 0 Å². The molecule has 3 nitrogen and oxygen atoms in total. The monoisotopic (exact) mass is 561 g/mol. The molecule has 0 unspecified atom stereocenters. The van der Waals surface area contributed by atoms with Crippen molar-refractivity contribution in [3.63, 3.8) is 0 Å². The van der Waals surface area contributed by atoms with E-state index in [9.17, 15) is 0 Å². The van der Waals surface area contributed by atoms with E-state index >= 15 is 0 Å². The van der Waals surface area contributed by atoms with Gasteiger partial charge in [-0.1, -0.05) is 109 Å². The summed E-state index contributed by atoms with van der Waals surface area (Å²) in [6.07, 6.45) is 0. The Kier molecular flexibility index (Phi) is 5.50. The van der Waals surface area contributed by atoms with Gasteiger partial charge in [-0.2, -0.15) is 0 Å². The second-order valence-electron chi connectivity index (χ2n) is 11.2. The lowest BCUT2D eigenvalue weighted by molar-refractivity contribution is 1.17. The van der Waals surface area contributed by atoms with Crippen molar-refractivity contribution in [2.75, 3.05) is 0 Å². The third-order valence-corrected chi connectivity index (χ3v) is 8.74. The summed E-state index contributed by atoms with van der Waals surface area (Å²) in [7, 11) is 0. The first-order valence-electron chi connectivity index (χ1n) is 15.0. The Balaban J connectivity index is 1.26. The summed E-state index contributed by atoms with van der Waals surface area (Å²) in [5.74, 6) is 0. The summed E-state index contributed by atoms with van der Waals surface area (Å²) in [5, 5.41) is 3.59. The highest BCUT2D eigenvalue weighted by molar-refractivity contribution is 6.16. The number of fused-ring (bicyclic) bond motifs is 6. The molecule has 0 amide bonds. The SMILES string of the molecule is c1ccc(-c2ccc(-n3c4ccccc4c4c(-c5ccc6c(n5)c5ccccc5n6-c5ccccc5)cccc43)cc2)cc1. The first-order chi connectivity index (χ1) is 21.8. The van der Waals surface area contributed by atoms with Crippen LogP contribution >= 0.6 is 0 Å². The highest BCUT2D eigenvalue weighted by Crippen LogP contribution is 2.40. The van der Waals surface area contributed by atoms with Gasteiger partial charge in [-0.3, -0.25) is 0 Å². The van der Waals surface area contributed by atoms with Gasteiger partial charge >= 0.3 is 0 Å². The zero-order valence-electron chi connectivity index (χ0n) is 23.9. The summed E-state index contributed by atoms with van der Waals surface area (Å²) in [5.41, 5.74) is 12.5. The first-order valence-corrected chi connectivity index (χ1v) is 15.0. The minimum atomic E-state index is 0.974. The molecule has 3 heterocycles. The van der Waals surface area contributed by atoms with Crippen LogP contribution in [0.3, 0.4) is 0 Å². The van der Waals surface area contributed by atoms with E-state index in [0.29, 0.717) is 0 Å². The summed E-state index contributed by atoms with van der Waals surface area (Å²) in [6, 6.07) is 58.2. The quantitative estimate of drug-likeness (QED) is 0.210. The molecule has 0 saturated heterocycles. The molecule has 6 aromatic carbocycles. The zero-order valence-corrected chi connectivity index (χ0v) is 23.9. The van der Waals surface area contributed by atoms with Crippen molar-refractivity contribution in [2.45, 2.75) is 0 Å². The highest BCUT2D eigenvalue weighted by atomic mass is 15.0. The number of rotatable bonds is 4. The van der Waals surface area contributed by atoms with Crippen molar-refractivity contribution in [2.24, 2.45) is 0 Å². The number of hydrogen-bond donors (Lipinski definition) is 0. The van der Waals surface area contributed by atoms with E-state index in [1.807, 2.05) is 0 Å². The van der Waals surface area contributed by atoms with Crippen LogP contribution < -0.4 is 0 Å². The smallest absolute Gasteiger partial charge is 0.0970 e. The van der Waals surface area contributed by atoms with Crippen LogP contribution in [0.5, 0.6) is 0 Å². The molecule has 9 rings (SSSR count). The summed E-state index contributed by atoms with van der Waals surface area (Å²) < 4.78 is 4.69. The predicted octanol–water partition coefficient (Wildman–Crippen LogP) is 10.6. The van der Waals surface area contributed by atoms with Crippen LogP contribution in [-0.4, -0.2) is 14.1 Å². The maximum Gasteiger partial charge on any atom is 0.0970 e. The van der Waals surface area contributed by atoms with Crippen LogP contribution in [-0.2, 0) is 0 Å². The molecule has 0 fully saturated rings. The lowest BCUT2D eigenvalue weighted by atomic mass is 10.0. The molecule has 0 aliphatic heterocycles. The maximum atomic E-state index is 5.37. The molecule has 0 aliphatic rings. The van der Waals surface area contributed by atoms with Crippen LogP contribution in [0.2, 0.25) is 0 Å². The van der Waals surface area contributed by atoms with Crippen LogP contribution in [0, 0.1) is 0 Å². The lowest BCUT2D eigenvalue weighted by Gasteiger charge is -2.10. The van der Waals surface area contributed by atoms with Gasteiger partial charge in [-0.25, -0.2) is 4.98 Å². The summed E-state index contributed by atoms with van der Waals surface area (Å²) in [4.78, 5) is 5.37. The van der Waals surface area contributed by atoms with Gasteiger partial charge in [0, 0.05) is 33.1 Å². The van der Waals surface area contributed by atoms with Gasteiger partial charge in [0.15, 0.2) is 0 Å². The normalized spacial score (nSPS) is 11.6. The summed E-state index contributed by atoms with van der Waals surface area (Å²) >= 11 is 0. The van der Waals surface area contributed by atoms with Crippen LogP contribution in [0.1, 0.15) is 0 Å². The Morgan fingerprint density at radius 1 is 0.364 bits per heavy atom. The van der Waals surface area contributed by atoms with Crippen molar-refractivity contribution in [1.82, 2.24) is 14.1 Å². The minimum absolute atomic E-state index is 0.974. The molecule has 0 N–H and O–H groups in total. The Labute approximate surface area is 254 Å². The standard InChI is InChI=1S/C41H27N3/c1-3-12-28(13-4-1)29-22-24-31(25-23-29)43-36-19-9-7-16-33(36)40-32(18-11-21-38(40)43)35-26-27-39-41(42-35)34-17-8-10-20-37(34)44(39)30-14-5-2-6-15-30/h1-27H. The van der Waals surface area contributed by atoms with E-state index in [-0.39, 0.29) is 0 Å². The number of benzene rings is 6. The van der Waals surface area contributed by atoms with Crippen molar-refractivity contribution < 1.29 is 0 Å². The highest BCUT2D eigenvalue weighted by Gasteiger charge is 2.19. The van der Waals surface area contributed by atoms with E-state index in [4.69, 9.17) is 4.98 Å². The van der Waals surface area contributed by atoms with Crippen LogP contribution in [0.4, 0.5) is 0 Å².